The monoisotopic (exact) mass is 437 g/mol. The van der Waals surface area contributed by atoms with Crippen LogP contribution < -0.4 is 11.1 Å². The highest BCUT2D eigenvalue weighted by atomic mass is 32.1. The Balaban J connectivity index is 1.62. The Morgan fingerprint density at radius 1 is 1.07 bits per heavy atom. The summed E-state index contributed by atoms with van der Waals surface area (Å²) in [6, 6.07) is 11.8. The summed E-state index contributed by atoms with van der Waals surface area (Å²) in [6.07, 6.45) is 1.71. The van der Waals surface area contributed by atoms with Crippen LogP contribution in [-0.2, 0) is 16.0 Å². The largest absolute Gasteiger partial charge is 0.363 e. The number of pyridine rings is 1. The molecule has 4 aromatic rings. The molecular formula is C20H15N5O3S2. The summed E-state index contributed by atoms with van der Waals surface area (Å²) in [5.74, 6) is -2.61. The van der Waals surface area contributed by atoms with Crippen LogP contribution in [0.4, 0.5) is 0 Å². The van der Waals surface area contributed by atoms with Crippen molar-refractivity contribution >= 4 is 50.7 Å². The van der Waals surface area contributed by atoms with Gasteiger partial charge in [-0.1, -0.05) is 24.3 Å². The molecular weight excluding hydrogens is 422 g/mol. The smallest absolute Gasteiger partial charge is 0.287 e. The molecule has 0 aliphatic carbocycles. The molecule has 4 rings (SSSR count). The maximum Gasteiger partial charge on any atom is 0.287 e. The number of thiophene rings is 1. The minimum atomic E-state index is -1.12. The summed E-state index contributed by atoms with van der Waals surface area (Å²) in [7, 11) is 0. The standard InChI is InChI=1S/C20H15N5O3S2/c21-19(27)18(26)14(9-11-10-29-15-7-2-1-5-12(11)15)23-20(28)17-16(24-30-25-17)13-6-3-4-8-22-13/h1-8,10,14H,9H2,(H2,21,27)(H,23,28). The van der Waals surface area contributed by atoms with Crippen LogP contribution in [0.2, 0.25) is 0 Å². The number of carbonyl (C=O) groups is 3. The SMILES string of the molecule is NC(=O)C(=O)C(Cc1csc2ccccc12)NC(=O)c1nsnc1-c1ccccn1. The molecule has 0 radical (unpaired) electrons. The van der Waals surface area contributed by atoms with Crippen molar-refractivity contribution in [3.8, 4) is 11.4 Å². The average Bonchev–Trinajstić information content (AvgIpc) is 3.41. The van der Waals surface area contributed by atoms with Crippen molar-refractivity contribution in [1.82, 2.24) is 19.0 Å². The molecule has 8 nitrogen and oxygen atoms in total. The first-order chi connectivity index (χ1) is 14.5. The number of hydrogen-bond acceptors (Lipinski definition) is 8. The normalized spacial score (nSPS) is 11.9. The number of primary amides is 1. The van der Waals surface area contributed by atoms with Crippen LogP contribution in [0.5, 0.6) is 0 Å². The van der Waals surface area contributed by atoms with Crippen LogP contribution in [0.15, 0.2) is 54.0 Å². The van der Waals surface area contributed by atoms with Crippen molar-refractivity contribution in [2.45, 2.75) is 12.5 Å². The van der Waals surface area contributed by atoms with Gasteiger partial charge in [-0.2, -0.15) is 8.75 Å². The van der Waals surface area contributed by atoms with E-state index in [4.69, 9.17) is 5.73 Å². The van der Waals surface area contributed by atoms with E-state index in [0.29, 0.717) is 11.4 Å². The molecule has 0 aliphatic heterocycles. The summed E-state index contributed by atoms with van der Waals surface area (Å²) in [6.45, 7) is 0. The lowest BCUT2D eigenvalue weighted by atomic mass is 10.0. The van der Waals surface area contributed by atoms with E-state index in [1.54, 1.807) is 24.4 Å². The van der Waals surface area contributed by atoms with Gasteiger partial charge in [-0.25, -0.2) is 0 Å². The number of Topliss-reactive ketones (excluding diaryl/α,β-unsaturated/α-hetero) is 1. The molecule has 2 amide bonds. The molecule has 1 aromatic carbocycles. The third-order valence-corrected chi connectivity index (χ3v) is 6.00. The lowest BCUT2D eigenvalue weighted by Gasteiger charge is -2.15. The Labute approximate surface area is 179 Å². The van der Waals surface area contributed by atoms with Crippen molar-refractivity contribution in [3.63, 3.8) is 0 Å². The number of benzene rings is 1. The predicted molar refractivity (Wildman–Crippen MR) is 114 cm³/mol. The van der Waals surface area contributed by atoms with E-state index < -0.39 is 23.6 Å². The molecule has 150 valence electrons. The van der Waals surface area contributed by atoms with Crippen molar-refractivity contribution in [2.75, 3.05) is 0 Å². The minimum absolute atomic E-state index is 0.0381. The van der Waals surface area contributed by atoms with Gasteiger partial charge in [0.25, 0.3) is 11.8 Å². The second-order valence-electron chi connectivity index (χ2n) is 6.39. The van der Waals surface area contributed by atoms with Gasteiger partial charge in [0.15, 0.2) is 5.69 Å². The zero-order valence-corrected chi connectivity index (χ0v) is 17.1. The molecule has 3 aromatic heterocycles. The summed E-state index contributed by atoms with van der Waals surface area (Å²) >= 11 is 2.39. The lowest BCUT2D eigenvalue weighted by Crippen LogP contribution is -2.47. The van der Waals surface area contributed by atoms with Crippen molar-refractivity contribution in [3.05, 3.63) is 65.3 Å². The predicted octanol–water partition coefficient (Wildman–Crippen LogP) is 2.21. The van der Waals surface area contributed by atoms with Gasteiger partial charge in [-0.05, 0) is 34.5 Å². The summed E-state index contributed by atoms with van der Waals surface area (Å²) in [4.78, 5) is 41.1. The Bertz CT molecular complexity index is 1240. The van der Waals surface area contributed by atoms with Crippen LogP contribution >= 0.6 is 23.1 Å². The van der Waals surface area contributed by atoms with Crippen molar-refractivity contribution in [2.24, 2.45) is 5.73 Å². The Morgan fingerprint density at radius 3 is 2.63 bits per heavy atom. The maximum atomic E-state index is 12.9. The highest BCUT2D eigenvalue weighted by Crippen LogP contribution is 2.27. The van der Waals surface area contributed by atoms with Crippen LogP contribution in [-0.4, -0.2) is 37.4 Å². The van der Waals surface area contributed by atoms with Gasteiger partial charge < -0.3 is 11.1 Å². The second kappa shape index (κ2) is 8.47. The molecule has 0 bridgehead atoms. The van der Waals surface area contributed by atoms with Crippen molar-refractivity contribution < 1.29 is 14.4 Å². The summed E-state index contributed by atoms with van der Waals surface area (Å²) in [5.41, 5.74) is 6.90. The van der Waals surface area contributed by atoms with E-state index in [9.17, 15) is 14.4 Å². The fourth-order valence-electron chi connectivity index (χ4n) is 3.03. The third kappa shape index (κ3) is 3.95. The van der Waals surface area contributed by atoms with Gasteiger partial charge in [-0.3, -0.25) is 19.4 Å². The summed E-state index contributed by atoms with van der Waals surface area (Å²) < 4.78 is 9.24. The summed E-state index contributed by atoms with van der Waals surface area (Å²) in [5, 5.41) is 5.47. The Hall–Kier alpha value is -3.50. The fraction of sp³-hybridized carbons (Fsp3) is 0.100. The van der Waals surface area contributed by atoms with Gasteiger partial charge >= 0.3 is 0 Å². The fourth-order valence-corrected chi connectivity index (χ4v) is 4.56. The zero-order chi connectivity index (χ0) is 21.1. The first-order valence-electron chi connectivity index (χ1n) is 8.88. The molecule has 0 aliphatic rings. The quantitative estimate of drug-likeness (QED) is 0.427. The number of fused-ring (bicyclic) bond motifs is 1. The molecule has 0 spiro atoms. The van der Waals surface area contributed by atoms with E-state index >= 15 is 0 Å². The number of nitrogens with zero attached hydrogens (tertiary/aromatic N) is 3. The van der Waals surface area contributed by atoms with Gasteiger partial charge in [0.2, 0.25) is 5.78 Å². The van der Waals surface area contributed by atoms with Crippen molar-refractivity contribution in [1.29, 1.82) is 0 Å². The van der Waals surface area contributed by atoms with Crippen LogP contribution in [0.1, 0.15) is 16.1 Å². The molecule has 0 saturated heterocycles. The van der Waals surface area contributed by atoms with E-state index in [-0.39, 0.29) is 12.1 Å². The van der Waals surface area contributed by atoms with Gasteiger partial charge in [0.1, 0.15) is 11.7 Å². The number of ketones is 1. The van der Waals surface area contributed by atoms with Gasteiger partial charge in [0, 0.05) is 17.3 Å². The topological polar surface area (TPSA) is 128 Å². The van der Waals surface area contributed by atoms with E-state index in [1.807, 2.05) is 29.6 Å². The molecule has 3 N–H and O–H groups in total. The molecule has 30 heavy (non-hydrogen) atoms. The molecule has 1 unspecified atom stereocenters. The van der Waals surface area contributed by atoms with E-state index in [1.165, 1.54) is 11.3 Å². The number of rotatable bonds is 7. The maximum absolute atomic E-state index is 12.9. The van der Waals surface area contributed by atoms with Crippen LogP contribution in [0.25, 0.3) is 21.5 Å². The first kappa shape index (κ1) is 19.8. The average molecular weight is 438 g/mol. The first-order valence-corrected chi connectivity index (χ1v) is 10.5. The number of nitrogens with two attached hydrogens (primary N) is 1. The highest BCUT2D eigenvalue weighted by molar-refractivity contribution is 7.17. The zero-order valence-electron chi connectivity index (χ0n) is 15.4. The molecule has 1 atom stereocenters. The number of nitrogens with one attached hydrogen (secondary N) is 1. The number of hydrogen-bond donors (Lipinski definition) is 2. The van der Waals surface area contributed by atoms with Gasteiger partial charge in [-0.15, -0.1) is 11.3 Å². The molecule has 0 saturated carbocycles. The van der Waals surface area contributed by atoms with Crippen LogP contribution in [0, 0.1) is 0 Å². The number of amides is 2. The highest BCUT2D eigenvalue weighted by Gasteiger charge is 2.29. The number of carbonyl (C=O) groups excluding carboxylic acids is 3. The molecule has 10 heteroatoms. The molecule has 0 fully saturated rings. The van der Waals surface area contributed by atoms with E-state index in [2.05, 4.69) is 19.0 Å². The molecule has 3 heterocycles. The lowest BCUT2D eigenvalue weighted by molar-refractivity contribution is -0.137. The van der Waals surface area contributed by atoms with Gasteiger partial charge in [0.05, 0.1) is 17.4 Å². The van der Waals surface area contributed by atoms with E-state index in [0.717, 1.165) is 27.4 Å². The van der Waals surface area contributed by atoms with Crippen LogP contribution in [0.3, 0.4) is 0 Å². The Morgan fingerprint density at radius 2 is 1.87 bits per heavy atom. The third-order valence-electron chi connectivity index (χ3n) is 4.46. The number of aromatic nitrogens is 3. The second-order valence-corrected chi connectivity index (χ2v) is 7.83. The Kier molecular flexibility index (Phi) is 5.59. The minimum Gasteiger partial charge on any atom is -0.363 e.